The highest BCUT2D eigenvalue weighted by molar-refractivity contribution is 6.01. The zero-order valence-electron chi connectivity index (χ0n) is 17.3. The van der Waals surface area contributed by atoms with Crippen LogP contribution in [0.5, 0.6) is 5.75 Å². The molecule has 0 aliphatic carbocycles. The van der Waals surface area contributed by atoms with Crippen molar-refractivity contribution in [1.82, 2.24) is 9.38 Å². The summed E-state index contributed by atoms with van der Waals surface area (Å²) in [7, 11) is 0. The molecule has 156 valence electrons. The third kappa shape index (κ3) is 4.72. The predicted octanol–water partition coefficient (Wildman–Crippen LogP) is 4.53. The number of ether oxygens (including phenoxy) is 1. The molecule has 2 amide bonds. The van der Waals surface area contributed by atoms with Crippen LogP contribution in [0.4, 0.5) is 16.2 Å². The number of nitrogens with zero attached hydrogens (tertiary/aromatic N) is 2. The number of hydrogen-bond donors (Lipinski definition) is 2. The van der Waals surface area contributed by atoms with Crippen LogP contribution < -0.4 is 20.9 Å². The predicted molar refractivity (Wildman–Crippen MR) is 121 cm³/mol. The van der Waals surface area contributed by atoms with Crippen LogP contribution in [0.2, 0.25) is 0 Å². The number of nitrogens with one attached hydrogen (secondary N) is 2. The monoisotopic (exact) mass is 414 g/mol. The number of carbonyl (C=O) groups excluding carboxylic acids is 1. The summed E-state index contributed by atoms with van der Waals surface area (Å²) >= 11 is 0. The van der Waals surface area contributed by atoms with E-state index in [0.717, 1.165) is 16.8 Å². The minimum absolute atomic E-state index is 0.0952. The van der Waals surface area contributed by atoms with Gasteiger partial charge in [-0.2, -0.15) is 0 Å². The lowest BCUT2D eigenvalue weighted by Crippen LogP contribution is -2.20. The van der Waals surface area contributed by atoms with Gasteiger partial charge in [0.2, 0.25) is 0 Å². The molecule has 0 aliphatic rings. The number of amides is 2. The molecule has 0 aliphatic heterocycles. The molecule has 2 heterocycles. The van der Waals surface area contributed by atoms with Crippen LogP contribution in [0.3, 0.4) is 0 Å². The van der Waals surface area contributed by atoms with Crippen LogP contribution in [-0.2, 0) is 6.61 Å². The Balaban J connectivity index is 1.48. The summed E-state index contributed by atoms with van der Waals surface area (Å²) in [6.45, 7) is 4.00. The standard InChI is InChI=1S/C24H22N4O3/c1-16-10-11-17(2)20(13-16)27-24(30)26-19-7-3-4-8-21(19)31-15-18-14-23(29)28-12-6-5-9-22(28)25-18/h3-14H,15H2,1-2H3,(H2,26,27,30). The van der Waals surface area contributed by atoms with Crippen molar-refractivity contribution < 1.29 is 9.53 Å². The van der Waals surface area contributed by atoms with Crippen molar-refractivity contribution >= 4 is 23.1 Å². The van der Waals surface area contributed by atoms with E-state index in [1.807, 2.05) is 44.2 Å². The second kappa shape index (κ2) is 8.71. The summed E-state index contributed by atoms with van der Waals surface area (Å²) in [5.74, 6) is 0.480. The molecule has 7 nitrogen and oxygen atoms in total. The number of benzene rings is 2. The molecule has 4 rings (SSSR count). The number of pyridine rings is 1. The fraction of sp³-hybridized carbons (Fsp3) is 0.125. The van der Waals surface area contributed by atoms with Crippen molar-refractivity contribution in [2.45, 2.75) is 20.5 Å². The number of aromatic nitrogens is 2. The number of para-hydroxylation sites is 2. The molecule has 0 bridgehead atoms. The van der Waals surface area contributed by atoms with Crippen LogP contribution in [-0.4, -0.2) is 15.4 Å². The van der Waals surface area contributed by atoms with Crippen molar-refractivity contribution in [2.75, 3.05) is 10.6 Å². The molecule has 0 atom stereocenters. The molecule has 0 saturated heterocycles. The second-order valence-corrected chi connectivity index (χ2v) is 7.20. The summed E-state index contributed by atoms with van der Waals surface area (Å²) in [6.07, 6.45) is 1.67. The van der Waals surface area contributed by atoms with Gasteiger partial charge >= 0.3 is 6.03 Å². The second-order valence-electron chi connectivity index (χ2n) is 7.20. The number of carbonyl (C=O) groups is 1. The third-order valence-corrected chi connectivity index (χ3v) is 4.78. The van der Waals surface area contributed by atoms with Gasteiger partial charge in [-0.25, -0.2) is 9.78 Å². The molecular weight excluding hydrogens is 392 g/mol. The Bertz CT molecular complexity index is 1310. The molecule has 0 spiro atoms. The van der Waals surface area contributed by atoms with Crippen LogP contribution in [0.1, 0.15) is 16.8 Å². The van der Waals surface area contributed by atoms with Gasteiger partial charge in [-0.3, -0.25) is 9.20 Å². The molecule has 0 unspecified atom stereocenters. The van der Waals surface area contributed by atoms with Gasteiger partial charge in [0.1, 0.15) is 18.0 Å². The van der Waals surface area contributed by atoms with Gasteiger partial charge in [0.05, 0.1) is 11.4 Å². The molecule has 31 heavy (non-hydrogen) atoms. The molecule has 7 heteroatoms. The van der Waals surface area contributed by atoms with E-state index in [1.54, 1.807) is 36.5 Å². The zero-order valence-corrected chi connectivity index (χ0v) is 17.3. The summed E-state index contributed by atoms with van der Waals surface area (Å²) in [4.78, 5) is 29.2. The van der Waals surface area contributed by atoms with Gasteiger partial charge in [0.25, 0.3) is 5.56 Å². The van der Waals surface area contributed by atoms with Crippen molar-refractivity contribution in [3.63, 3.8) is 0 Å². The highest BCUT2D eigenvalue weighted by atomic mass is 16.5. The summed E-state index contributed by atoms with van der Waals surface area (Å²) in [5.41, 5.74) is 4.17. The number of hydrogen-bond acceptors (Lipinski definition) is 4. The Labute approximate surface area is 179 Å². The van der Waals surface area contributed by atoms with Gasteiger partial charge in [0.15, 0.2) is 0 Å². The first-order valence-corrected chi connectivity index (χ1v) is 9.84. The van der Waals surface area contributed by atoms with E-state index in [9.17, 15) is 9.59 Å². The van der Waals surface area contributed by atoms with Crippen molar-refractivity contribution in [2.24, 2.45) is 0 Å². The van der Waals surface area contributed by atoms with E-state index in [4.69, 9.17) is 4.74 Å². The summed E-state index contributed by atoms with van der Waals surface area (Å²) < 4.78 is 7.34. The SMILES string of the molecule is Cc1ccc(C)c(NC(=O)Nc2ccccc2OCc2cc(=O)n3ccccc3n2)c1. The molecule has 2 N–H and O–H groups in total. The third-order valence-electron chi connectivity index (χ3n) is 4.78. The molecule has 0 saturated carbocycles. The number of rotatable bonds is 5. The first-order chi connectivity index (χ1) is 15.0. The van der Waals surface area contributed by atoms with E-state index >= 15 is 0 Å². The highest BCUT2D eigenvalue weighted by Gasteiger charge is 2.10. The van der Waals surface area contributed by atoms with Gasteiger partial charge in [-0.05, 0) is 55.3 Å². The van der Waals surface area contributed by atoms with Crippen molar-refractivity contribution in [3.8, 4) is 5.75 Å². The number of fused-ring (bicyclic) bond motifs is 1. The quantitative estimate of drug-likeness (QED) is 0.502. The molecule has 0 fully saturated rings. The normalized spacial score (nSPS) is 10.6. The van der Waals surface area contributed by atoms with Gasteiger partial charge in [0, 0.05) is 18.0 Å². The van der Waals surface area contributed by atoms with Gasteiger partial charge in [-0.15, -0.1) is 0 Å². The summed E-state index contributed by atoms with van der Waals surface area (Å²) in [5, 5.41) is 5.69. The Morgan fingerprint density at radius 1 is 0.968 bits per heavy atom. The Morgan fingerprint density at radius 3 is 2.61 bits per heavy atom. The molecular formula is C24H22N4O3. The number of aryl methyl sites for hydroxylation is 2. The molecule has 4 aromatic rings. The lowest BCUT2D eigenvalue weighted by molar-refractivity contribution is 0.261. The molecule has 0 radical (unpaired) electrons. The van der Waals surface area contributed by atoms with Gasteiger partial charge in [-0.1, -0.05) is 30.3 Å². The van der Waals surface area contributed by atoms with Crippen molar-refractivity contribution in [1.29, 1.82) is 0 Å². The first kappa shape index (κ1) is 20.2. The largest absolute Gasteiger partial charge is 0.485 e. The topological polar surface area (TPSA) is 84.7 Å². The van der Waals surface area contributed by atoms with E-state index in [2.05, 4.69) is 15.6 Å². The maximum absolute atomic E-state index is 12.5. The first-order valence-electron chi connectivity index (χ1n) is 9.84. The minimum Gasteiger partial charge on any atom is -0.485 e. The van der Waals surface area contributed by atoms with Crippen LogP contribution in [0, 0.1) is 13.8 Å². The average molecular weight is 414 g/mol. The summed E-state index contributed by atoms with van der Waals surface area (Å²) in [6, 6.07) is 19.4. The smallest absolute Gasteiger partial charge is 0.323 e. The van der Waals surface area contributed by atoms with E-state index in [0.29, 0.717) is 22.8 Å². The van der Waals surface area contributed by atoms with Crippen LogP contribution in [0.25, 0.3) is 5.65 Å². The zero-order chi connectivity index (χ0) is 21.8. The molecule has 2 aromatic heterocycles. The Hall–Kier alpha value is -4.13. The van der Waals surface area contributed by atoms with Gasteiger partial charge < -0.3 is 15.4 Å². The minimum atomic E-state index is -0.369. The Kier molecular flexibility index (Phi) is 5.66. The fourth-order valence-corrected chi connectivity index (χ4v) is 3.17. The fourth-order valence-electron chi connectivity index (χ4n) is 3.17. The van der Waals surface area contributed by atoms with Crippen LogP contribution in [0.15, 0.2) is 77.7 Å². The molecule has 2 aromatic carbocycles. The Morgan fingerprint density at radius 2 is 1.74 bits per heavy atom. The maximum atomic E-state index is 12.5. The lowest BCUT2D eigenvalue weighted by atomic mass is 10.1. The highest BCUT2D eigenvalue weighted by Crippen LogP contribution is 2.25. The van der Waals surface area contributed by atoms with Crippen LogP contribution >= 0.6 is 0 Å². The average Bonchev–Trinajstić information content (AvgIpc) is 2.76. The van der Waals surface area contributed by atoms with E-state index in [1.165, 1.54) is 10.5 Å². The van der Waals surface area contributed by atoms with Crippen molar-refractivity contribution in [3.05, 3.63) is 100 Å². The van der Waals surface area contributed by atoms with E-state index < -0.39 is 0 Å². The number of anilines is 2. The lowest BCUT2D eigenvalue weighted by Gasteiger charge is -2.14. The van der Waals surface area contributed by atoms with E-state index in [-0.39, 0.29) is 18.2 Å². The number of urea groups is 1. The maximum Gasteiger partial charge on any atom is 0.323 e.